The minimum Gasteiger partial charge on any atom is -0.322 e. The highest BCUT2D eigenvalue weighted by Crippen LogP contribution is 2.12. The molecule has 3 rings (SSSR count). The fourth-order valence-corrected chi connectivity index (χ4v) is 2.42. The number of rotatable bonds is 5. The van der Waals surface area contributed by atoms with Crippen molar-refractivity contribution in [2.45, 2.75) is 6.92 Å². The maximum Gasteiger partial charge on any atom is 0.271 e. The number of carbonyl (C=O) groups is 2. The zero-order valence-electron chi connectivity index (χ0n) is 15.1. The summed E-state index contributed by atoms with van der Waals surface area (Å²) in [5, 5.41) is 6.53. The van der Waals surface area contributed by atoms with E-state index in [1.807, 2.05) is 19.1 Å². The Morgan fingerprint density at radius 2 is 1.46 bits per heavy atom. The molecule has 3 aromatic rings. The largest absolute Gasteiger partial charge is 0.322 e. The summed E-state index contributed by atoms with van der Waals surface area (Å²) in [5.41, 5.74) is 5.17. The Hall–Kier alpha value is -3.80. The predicted molar refractivity (Wildman–Crippen MR) is 107 cm³/mol. The minimum atomic E-state index is -0.441. The number of hydrogen-bond donors (Lipinski definition) is 2. The smallest absolute Gasteiger partial charge is 0.271 e. The fourth-order valence-electron chi connectivity index (χ4n) is 2.42. The number of carbonyl (C=O) groups excluding carboxylic acids is 2. The number of halogens is 1. The van der Waals surface area contributed by atoms with Crippen molar-refractivity contribution in [3.05, 3.63) is 101 Å². The van der Waals surface area contributed by atoms with Crippen molar-refractivity contribution in [1.82, 2.24) is 5.43 Å². The van der Waals surface area contributed by atoms with E-state index in [0.29, 0.717) is 16.8 Å². The molecule has 6 heteroatoms. The molecule has 0 spiro atoms. The highest BCUT2D eigenvalue weighted by Gasteiger charge is 2.08. The van der Waals surface area contributed by atoms with Gasteiger partial charge in [-0.2, -0.15) is 5.10 Å². The van der Waals surface area contributed by atoms with E-state index in [0.717, 1.165) is 5.56 Å². The zero-order chi connectivity index (χ0) is 19.9. The van der Waals surface area contributed by atoms with Crippen LogP contribution in [0.3, 0.4) is 0 Å². The molecule has 2 N–H and O–H groups in total. The lowest BCUT2D eigenvalue weighted by Crippen LogP contribution is -2.18. The third-order valence-corrected chi connectivity index (χ3v) is 3.99. The average molecular weight is 375 g/mol. The minimum absolute atomic E-state index is 0.230. The number of anilines is 1. The predicted octanol–water partition coefficient (Wildman–Crippen LogP) is 4.15. The number of nitrogens with one attached hydrogen (secondary N) is 2. The lowest BCUT2D eigenvalue weighted by atomic mass is 10.1. The number of amides is 2. The van der Waals surface area contributed by atoms with Crippen molar-refractivity contribution >= 4 is 23.7 Å². The number of hydrazone groups is 1. The summed E-state index contributed by atoms with van der Waals surface area (Å²) in [6, 6.07) is 19.7. The maximum atomic E-state index is 13.5. The van der Waals surface area contributed by atoms with Crippen LogP contribution in [-0.2, 0) is 0 Å². The molecule has 2 amide bonds. The van der Waals surface area contributed by atoms with E-state index in [-0.39, 0.29) is 11.5 Å². The van der Waals surface area contributed by atoms with Crippen LogP contribution in [0.1, 0.15) is 31.8 Å². The zero-order valence-corrected chi connectivity index (χ0v) is 15.1. The molecule has 0 saturated heterocycles. The summed E-state index contributed by atoms with van der Waals surface area (Å²) in [7, 11) is 0. The van der Waals surface area contributed by atoms with Crippen LogP contribution in [0.15, 0.2) is 77.9 Å². The molecule has 0 radical (unpaired) electrons. The Morgan fingerprint density at radius 3 is 2.14 bits per heavy atom. The molecule has 0 saturated carbocycles. The van der Waals surface area contributed by atoms with Gasteiger partial charge in [0, 0.05) is 22.4 Å². The first-order valence-corrected chi connectivity index (χ1v) is 8.59. The second-order valence-corrected chi connectivity index (χ2v) is 6.12. The van der Waals surface area contributed by atoms with Gasteiger partial charge >= 0.3 is 0 Å². The normalized spacial score (nSPS) is 10.6. The van der Waals surface area contributed by atoms with Crippen LogP contribution in [0.5, 0.6) is 0 Å². The van der Waals surface area contributed by atoms with Gasteiger partial charge in [-0.25, -0.2) is 9.82 Å². The van der Waals surface area contributed by atoms with E-state index in [4.69, 9.17) is 0 Å². The van der Waals surface area contributed by atoms with Gasteiger partial charge in [0.1, 0.15) is 5.82 Å². The fraction of sp³-hybridized carbons (Fsp3) is 0.0455. The van der Waals surface area contributed by atoms with E-state index in [2.05, 4.69) is 15.8 Å². The molecule has 0 fully saturated rings. The summed E-state index contributed by atoms with van der Waals surface area (Å²) in [6.07, 6.45) is 1.24. The Bertz CT molecular complexity index is 1010. The molecule has 0 aliphatic heterocycles. The Kier molecular flexibility index (Phi) is 5.91. The van der Waals surface area contributed by atoms with Crippen LogP contribution in [0.2, 0.25) is 0 Å². The molecule has 0 heterocycles. The van der Waals surface area contributed by atoms with Crippen LogP contribution in [0, 0.1) is 12.7 Å². The van der Waals surface area contributed by atoms with Gasteiger partial charge in [-0.1, -0.05) is 35.9 Å². The van der Waals surface area contributed by atoms with Crippen molar-refractivity contribution < 1.29 is 14.0 Å². The molecule has 0 aliphatic rings. The molecule has 0 aliphatic carbocycles. The van der Waals surface area contributed by atoms with Crippen LogP contribution in [0.25, 0.3) is 0 Å². The standard InChI is InChI=1S/C22H18FN3O2/c1-15-6-8-16(9-7-15)21(27)25-19-12-10-17(11-13-19)22(28)26-24-14-18-4-2-3-5-20(18)23/h2-14H,1H3,(H,25,27)(H,26,28)/b24-14+. The molecule has 0 bridgehead atoms. The lowest BCUT2D eigenvalue weighted by molar-refractivity contribution is 0.0954. The van der Waals surface area contributed by atoms with E-state index in [1.54, 1.807) is 54.6 Å². The molecular formula is C22H18FN3O2. The van der Waals surface area contributed by atoms with E-state index < -0.39 is 11.7 Å². The SMILES string of the molecule is Cc1ccc(C(=O)Nc2ccc(C(=O)N/N=C/c3ccccc3F)cc2)cc1. The first-order chi connectivity index (χ1) is 13.5. The van der Waals surface area contributed by atoms with Crippen LogP contribution >= 0.6 is 0 Å². The molecule has 28 heavy (non-hydrogen) atoms. The lowest BCUT2D eigenvalue weighted by Gasteiger charge is -2.06. The van der Waals surface area contributed by atoms with Crippen LogP contribution in [-0.4, -0.2) is 18.0 Å². The number of hydrogen-bond acceptors (Lipinski definition) is 3. The van der Waals surface area contributed by atoms with Gasteiger partial charge in [0.25, 0.3) is 11.8 Å². The van der Waals surface area contributed by atoms with Gasteiger partial charge in [-0.05, 0) is 49.4 Å². The van der Waals surface area contributed by atoms with Gasteiger partial charge in [0.2, 0.25) is 0 Å². The maximum absolute atomic E-state index is 13.5. The summed E-state index contributed by atoms with van der Waals surface area (Å²) < 4.78 is 13.5. The molecule has 140 valence electrons. The second kappa shape index (κ2) is 8.73. The summed E-state index contributed by atoms with van der Waals surface area (Å²) in [4.78, 5) is 24.3. The highest BCUT2D eigenvalue weighted by atomic mass is 19.1. The molecule has 3 aromatic carbocycles. The molecule has 5 nitrogen and oxygen atoms in total. The number of benzene rings is 3. The topological polar surface area (TPSA) is 70.6 Å². The molecule has 0 unspecified atom stereocenters. The van der Waals surface area contributed by atoms with Crippen LogP contribution < -0.4 is 10.7 Å². The Balaban J connectivity index is 1.59. The quantitative estimate of drug-likeness (QED) is 0.519. The number of nitrogens with zero attached hydrogens (tertiary/aromatic N) is 1. The molecule has 0 aromatic heterocycles. The third-order valence-electron chi connectivity index (χ3n) is 3.99. The van der Waals surface area contributed by atoms with Crippen molar-refractivity contribution in [3.8, 4) is 0 Å². The Labute approximate surface area is 161 Å². The van der Waals surface area contributed by atoms with E-state index >= 15 is 0 Å². The first kappa shape index (κ1) is 19.0. The van der Waals surface area contributed by atoms with Crippen molar-refractivity contribution in [3.63, 3.8) is 0 Å². The van der Waals surface area contributed by atoms with E-state index in [1.165, 1.54) is 12.3 Å². The second-order valence-electron chi connectivity index (χ2n) is 6.12. The summed E-state index contributed by atoms with van der Waals surface area (Å²) >= 11 is 0. The monoisotopic (exact) mass is 375 g/mol. The number of aryl methyl sites for hydroxylation is 1. The highest BCUT2D eigenvalue weighted by molar-refractivity contribution is 6.04. The Morgan fingerprint density at radius 1 is 0.857 bits per heavy atom. The molecular weight excluding hydrogens is 357 g/mol. The average Bonchev–Trinajstić information content (AvgIpc) is 2.70. The summed E-state index contributed by atoms with van der Waals surface area (Å²) in [6.45, 7) is 1.95. The van der Waals surface area contributed by atoms with Crippen molar-refractivity contribution in [2.75, 3.05) is 5.32 Å². The van der Waals surface area contributed by atoms with Gasteiger partial charge in [0.05, 0.1) is 6.21 Å². The van der Waals surface area contributed by atoms with Gasteiger partial charge in [-0.15, -0.1) is 0 Å². The molecule has 0 atom stereocenters. The van der Waals surface area contributed by atoms with E-state index in [9.17, 15) is 14.0 Å². The van der Waals surface area contributed by atoms with Gasteiger partial charge in [0.15, 0.2) is 0 Å². The van der Waals surface area contributed by atoms with Gasteiger partial charge in [-0.3, -0.25) is 9.59 Å². The van der Waals surface area contributed by atoms with Crippen molar-refractivity contribution in [2.24, 2.45) is 5.10 Å². The van der Waals surface area contributed by atoms with Gasteiger partial charge < -0.3 is 5.32 Å². The van der Waals surface area contributed by atoms with Crippen molar-refractivity contribution in [1.29, 1.82) is 0 Å². The first-order valence-electron chi connectivity index (χ1n) is 8.59. The van der Waals surface area contributed by atoms with Crippen LogP contribution in [0.4, 0.5) is 10.1 Å². The third kappa shape index (κ3) is 4.88. The summed E-state index contributed by atoms with van der Waals surface area (Å²) in [5.74, 6) is -1.09.